The van der Waals surface area contributed by atoms with E-state index in [0.29, 0.717) is 17.7 Å². The molecule has 0 bridgehead atoms. The number of anilines is 1. The van der Waals surface area contributed by atoms with Crippen molar-refractivity contribution >= 4 is 34.0 Å². The number of sulfonamides is 1. The van der Waals surface area contributed by atoms with Crippen molar-refractivity contribution in [3.05, 3.63) is 60.2 Å². The van der Waals surface area contributed by atoms with Crippen molar-refractivity contribution in [2.24, 2.45) is 5.73 Å². The maximum atomic E-state index is 12.5. The molecule has 8 heteroatoms. The molecular weight excluding hydrogens is 386 g/mol. The standard InChI is InChI=1S/C19H25N3O3S.ClH/c1-3-13-19(2,20)18(23)21-14-15-9-7-8-12-17(15)22-26(24,25)16-10-5-4-6-11-16;/h4-12,22H,3,13-14,20H2,1-2H3,(H,21,23);1H. The average molecular weight is 412 g/mol. The minimum absolute atomic E-state index is 0. The molecule has 2 aromatic rings. The zero-order chi connectivity index (χ0) is 19.2. The molecule has 6 nitrogen and oxygen atoms in total. The Balaban J connectivity index is 0.00000364. The number of carbonyl (C=O) groups is 1. The number of para-hydroxylation sites is 1. The normalized spacial score (nSPS) is 13.1. The molecule has 0 saturated heterocycles. The molecule has 2 aromatic carbocycles. The van der Waals surface area contributed by atoms with Crippen LogP contribution in [0.1, 0.15) is 32.3 Å². The van der Waals surface area contributed by atoms with Crippen molar-refractivity contribution < 1.29 is 13.2 Å². The van der Waals surface area contributed by atoms with Gasteiger partial charge in [0.2, 0.25) is 5.91 Å². The predicted octanol–water partition coefficient (Wildman–Crippen LogP) is 3.04. The quantitative estimate of drug-likeness (QED) is 0.621. The number of nitrogens with one attached hydrogen (secondary N) is 2. The first-order valence-electron chi connectivity index (χ1n) is 8.49. The predicted molar refractivity (Wildman–Crippen MR) is 110 cm³/mol. The highest BCUT2D eigenvalue weighted by Crippen LogP contribution is 2.20. The minimum Gasteiger partial charge on any atom is -0.350 e. The molecule has 0 aliphatic heterocycles. The molecule has 2 rings (SSSR count). The van der Waals surface area contributed by atoms with Crippen LogP contribution in [0.2, 0.25) is 0 Å². The Kier molecular flexibility index (Phi) is 8.27. The first-order valence-corrected chi connectivity index (χ1v) is 9.97. The van der Waals surface area contributed by atoms with Crippen LogP contribution in [0.5, 0.6) is 0 Å². The van der Waals surface area contributed by atoms with E-state index in [1.165, 1.54) is 12.1 Å². The zero-order valence-corrected chi connectivity index (χ0v) is 17.1. The van der Waals surface area contributed by atoms with E-state index in [1.807, 2.05) is 6.92 Å². The highest BCUT2D eigenvalue weighted by Gasteiger charge is 2.27. The molecular formula is C19H26ClN3O3S. The number of halogens is 1. The van der Waals surface area contributed by atoms with Gasteiger partial charge in [-0.1, -0.05) is 49.7 Å². The third-order valence-corrected chi connectivity index (χ3v) is 5.42. The summed E-state index contributed by atoms with van der Waals surface area (Å²) in [5.74, 6) is -0.264. The van der Waals surface area contributed by atoms with E-state index in [4.69, 9.17) is 5.73 Å². The Bertz CT molecular complexity index is 856. The number of nitrogens with two attached hydrogens (primary N) is 1. The molecule has 1 unspecified atom stereocenters. The zero-order valence-electron chi connectivity index (χ0n) is 15.4. The van der Waals surface area contributed by atoms with Crippen LogP contribution in [-0.4, -0.2) is 19.9 Å². The number of rotatable bonds is 8. The lowest BCUT2D eigenvalue weighted by Crippen LogP contribution is -2.51. The van der Waals surface area contributed by atoms with Gasteiger partial charge in [0.15, 0.2) is 0 Å². The first kappa shape index (κ1) is 23.0. The smallest absolute Gasteiger partial charge is 0.261 e. The summed E-state index contributed by atoms with van der Waals surface area (Å²) in [6.07, 6.45) is 1.37. The van der Waals surface area contributed by atoms with Gasteiger partial charge in [-0.25, -0.2) is 8.42 Å². The molecule has 4 N–H and O–H groups in total. The van der Waals surface area contributed by atoms with Gasteiger partial charge in [-0.3, -0.25) is 9.52 Å². The van der Waals surface area contributed by atoms with Crippen LogP contribution in [0.15, 0.2) is 59.5 Å². The second-order valence-electron chi connectivity index (χ2n) is 6.43. The maximum Gasteiger partial charge on any atom is 0.261 e. The van der Waals surface area contributed by atoms with Crippen molar-refractivity contribution in [2.75, 3.05) is 4.72 Å². The summed E-state index contributed by atoms with van der Waals surface area (Å²) in [6, 6.07) is 15.1. The molecule has 0 radical (unpaired) electrons. The first-order chi connectivity index (χ1) is 12.3. The van der Waals surface area contributed by atoms with E-state index in [2.05, 4.69) is 10.0 Å². The molecule has 0 aliphatic carbocycles. The minimum atomic E-state index is -3.70. The lowest BCUT2D eigenvalue weighted by Gasteiger charge is -2.23. The molecule has 0 aliphatic rings. The second kappa shape index (κ2) is 9.73. The van der Waals surface area contributed by atoms with E-state index in [0.717, 1.165) is 6.42 Å². The highest BCUT2D eigenvalue weighted by atomic mass is 35.5. The topological polar surface area (TPSA) is 101 Å². The van der Waals surface area contributed by atoms with Gasteiger partial charge in [0.1, 0.15) is 0 Å². The van der Waals surface area contributed by atoms with Crippen LogP contribution < -0.4 is 15.8 Å². The molecule has 1 amide bonds. The van der Waals surface area contributed by atoms with Crippen LogP contribution in [0.25, 0.3) is 0 Å². The number of carbonyl (C=O) groups excluding carboxylic acids is 1. The van der Waals surface area contributed by atoms with Crippen LogP contribution in [0.4, 0.5) is 5.69 Å². The van der Waals surface area contributed by atoms with Gasteiger partial charge in [-0.15, -0.1) is 12.4 Å². The van der Waals surface area contributed by atoms with Crippen molar-refractivity contribution in [1.29, 1.82) is 0 Å². The lowest BCUT2D eigenvalue weighted by atomic mass is 9.96. The van der Waals surface area contributed by atoms with Crippen molar-refractivity contribution in [2.45, 2.75) is 43.7 Å². The molecule has 0 aromatic heterocycles. The third-order valence-electron chi connectivity index (χ3n) is 4.04. The van der Waals surface area contributed by atoms with Crippen molar-refractivity contribution in [3.63, 3.8) is 0 Å². The number of benzene rings is 2. The molecule has 0 spiro atoms. The largest absolute Gasteiger partial charge is 0.350 e. The summed E-state index contributed by atoms with van der Waals surface area (Å²) in [5, 5.41) is 2.79. The van der Waals surface area contributed by atoms with E-state index in [-0.39, 0.29) is 29.8 Å². The van der Waals surface area contributed by atoms with E-state index in [1.54, 1.807) is 49.4 Å². The summed E-state index contributed by atoms with van der Waals surface area (Å²) >= 11 is 0. The monoisotopic (exact) mass is 411 g/mol. The van der Waals surface area contributed by atoms with Gasteiger partial charge in [0.25, 0.3) is 10.0 Å². The van der Waals surface area contributed by atoms with Gasteiger partial charge < -0.3 is 11.1 Å². The molecule has 0 fully saturated rings. The Morgan fingerprint density at radius 1 is 1.07 bits per heavy atom. The number of hydrogen-bond donors (Lipinski definition) is 3. The van der Waals surface area contributed by atoms with E-state index in [9.17, 15) is 13.2 Å². The average Bonchev–Trinajstić information content (AvgIpc) is 2.61. The van der Waals surface area contributed by atoms with Crippen LogP contribution >= 0.6 is 12.4 Å². The number of amides is 1. The van der Waals surface area contributed by atoms with E-state index >= 15 is 0 Å². The molecule has 1 atom stereocenters. The summed E-state index contributed by atoms with van der Waals surface area (Å²) in [6.45, 7) is 3.84. The van der Waals surface area contributed by atoms with Gasteiger partial charge in [-0.05, 0) is 37.1 Å². The highest BCUT2D eigenvalue weighted by molar-refractivity contribution is 7.92. The number of hydrogen-bond acceptors (Lipinski definition) is 4. The van der Waals surface area contributed by atoms with Gasteiger partial charge in [-0.2, -0.15) is 0 Å². The lowest BCUT2D eigenvalue weighted by molar-refractivity contribution is -0.126. The Hall–Kier alpha value is -2.09. The SMILES string of the molecule is CCCC(C)(N)C(=O)NCc1ccccc1NS(=O)(=O)c1ccccc1.Cl. The van der Waals surface area contributed by atoms with Crippen LogP contribution in [-0.2, 0) is 21.4 Å². The molecule has 0 saturated carbocycles. The molecule has 27 heavy (non-hydrogen) atoms. The van der Waals surface area contributed by atoms with Crippen LogP contribution in [0, 0.1) is 0 Å². The summed E-state index contributed by atoms with van der Waals surface area (Å²) in [5.41, 5.74) is 6.16. The Morgan fingerprint density at radius 2 is 1.67 bits per heavy atom. The molecule has 0 heterocycles. The fraction of sp³-hybridized carbons (Fsp3) is 0.316. The Morgan fingerprint density at radius 3 is 2.30 bits per heavy atom. The second-order valence-corrected chi connectivity index (χ2v) is 8.11. The Labute approximate surface area is 167 Å². The van der Waals surface area contributed by atoms with Gasteiger partial charge in [0, 0.05) is 6.54 Å². The van der Waals surface area contributed by atoms with Crippen LogP contribution in [0.3, 0.4) is 0 Å². The van der Waals surface area contributed by atoms with E-state index < -0.39 is 15.6 Å². The molecule has 148 valence electrons. The van der Waals surface area contributed by atoms with Crippen molar-refractivity contribution in [1.82, 2.24) is 5.32 Å². The fourth-order valence-electron chi connectivity index (χ4n) is 2.59. The summed E-state index contributed by atoms with van der Waals surface area (Å²) in [7, 11) is -3.70. The summed E-state index contributed by atoms with van der Waals surface area (Å²) in [4.78, 5) is 12.4. The van der Waals surface area contributed by atoms with Gasteiger partial charge in [0.05, 0.1) is 16.1 Å². The van der Waals surface area contributed by atoms with Crippen molar-refractivity contribution in [3.8, 4) is 0 Å². The summed E-state index contributed by atoms with van der Waals surface area (Å²) < 4.78 is 27.6. The fourth-order valence-corrected chi connectivity index (χ4v) is 3.71. The third kappa shape index (κ3) is 6.23. The maximum absolute atomic E-state index is 12.5. The van der Waals surface area contributed by atoms with Gasteiger partial charge >= 0.3 is 0 Å².